The molecule has 0 saturated carbocycles. The number of hydrogen-bond acceptors (Lipinski definition) is 4. The second-order valence-corrected chi connectivity index (χ2v) is 6.45. The van der Waals surface area contributed by atoms with E-state index in [-0.39, 0.29) is 5.75 Å². The van der Waals surface area contributed by atoms with Gasteiger partial charge in [-0.1, -0.05) is 18.2 Å². The normalized spacial score (nSPS) is 11.1. The summed E-state index contributed by atoms with van der Waals surface area (Å²) in [5, 5.41) is 6.47. The van der Waals surface area contributed by atoms with Gasteiger partial charge in [0.2, 0.25) is 0 Å². The first-order valence-corrected chi connectivity index (χ1v) is 9.69. The molecule has 0 unspecified atom stereocenters. The zero-order valence-electron chi connectivity index (χ0n) is 17.1. The van der Waals surface area contributed by atoms with Crippen molar-refractivity contribution in [3.05, 3.63) is 83.9 Å². The standard InChI is InChI=1S/C23H25FN4O2/c1-3-26-23(27-14-17-6-9-19(29-2)10-7-17)28-15-18-8-11-22(21(24)13-18)30-20-5-4-12-25-16-20/h4-13,16H,3,14-15H2,1-2H3,(H2,26,27,28). The van der Waals surface area contributed by atoms with E-state index in [2.05, 4.69) is 20.6 Å². The molecule has 30 heavy (non-hydrogen) atoms. The second-order valence-electron chi connectivity index (χ2n) is 6.45. The van der Waals surface area contributed by atoms with Crippen LogP contribution in [0.3, 0.4) is 0 Å². The molecule has 7 heteroatoms. The Bertz CT molecular complexity index is 963. The fraction of sp³-hybridized carbons (Fsp3) is 0.217. The summed E-state index contributed by atoms with van der Waals surface area (Å²) < 4.78 is 25.1. The topological polar surface area (TPSA) is 67.8 Å². The summed E-state index contributed by atoms with van der Waals surface area (Å²) in [5.74, 6) is 1.67. The van der Waals surface area contributed by atoms with Gasteiger partial charge in [0, 0.05) is 19.3 Å². The maximum atomic E-state index is 14.4. The SMILES string of the molecule is CCNC(=NCc1ccc(Oc2cccnc2)c(F)c1)NCc1ccc(OC)cc1. The molecule has 0 aliphatic heterocycles. The fourth-order valence-electron chi connectivity index (χ4n) is 2.70. The number of nitrogens with one attached hydrogen (secondary N) is 2. The highest BCUT2D eigenvalue weighted by Crippen LogP contribution is 2.24. The number of rotatable bonds is 8. The Morgan fingerprint density at radius 1 is 1.03 bits per heavy atom. The van der Waals surface area contributed by atoms with Crippen LogP contribution in [0.2, 0.25) is 0 Å². The van der Waals surface area contributed by atoms with Gasteiger partial charge in [-0.05, 0) is 54.4 Å². The monoisotopic (exact) mass is 408 g/mol. The van der Waals surface area contributed by atoms with E-state index in [1.165, 1.54) is 12.3 Å². The van der Waals surface area contributed by atoms with Crippen molar-refractivity contribution in [3.63, 3.8) is 0 Å². The lowest BCUT2D eigenvalue weighted by Gasteiger charge is -2.12. The number of benzene rings is 2. The number of nitrogens with zero attached hydrogens (tertiary/aromatic N) is 2. The van der Waals surface area contributed by atoms with E-state index in [4.69, 9.17) is 9.47 Å². The molecule has 1 aromatic heterocycles. The van der Waals surface area contributed by atoms with Crippen LogP contribution in [0.4, 0.5) is 4.39 Å². The summed E-state index contributed by atoms with van der Waals surface area (Å²) in [6, 6.07) is 16.1. The van der Waals surface area contributed by atoms with Gasteiger partial charge in [0.25, 0.3) is 0 Å². The summed E-state index contributed by atoms with van der Waals surface area (Å²) >= 11 is 0. The third kappa shape index (κ3) is 6.20. The summed E-state index contributed by atoms with van der Waals surface area (Å²) in [5.41, 5.74) is 1.84. The van der Waals surface area contributed by atoms with Gasteiger partial charge in [-0.25, -0.2) is 9.38 Å². The molecule has 6 nitrogen and oxygen atoms in total. The van der Waals surface area contributed by atoms with Crippen LogP contribution in [-0.4, -0.2) is 24.6 Å². The highest BCUT2D eigenvalue weighted by Gasteiger charge is 2.07. The van der Waals surface area contributed by atoms with Crippen molar-refractivity contribution in [1.82, 2.24) is 15.6 Å². The molecule has 0 aliphatic rings. The van der Waals surface area contributed by atoms with Gasteiger partial charge in [-0.3, -0.25) is 4.98 Å². The van der Waals surface area contributed by atoms with E-state index in [0.717, 1.165) is 23.4 Å². The highest BCUT2D eigenvalue weighted by atomic mass is 19.1. The molecule has 0 aliphatic carbocycles. The van der Waals surface area contributed by atoms with Crippen LogP contribution in [0.1, 0.15) is 18.1 Å². The summed E-state index contributed by atoms with van der Waals surface area (Å²) in [6.07, 6.45) is 3.17. The molecule has 0 radical (unpaired) electrons. The summed E-state index contributed by atoms with van der Waals surface area (Å²) in [6.45, 7) is 3.67. The molecule has 0 saturated heterocycles. The van der Waals surface area contributed by atoms with Gasteiger partial charge < -0.3 is 20.1 Å². The Kier molecular flexibility index (Phi) is 7.60. The zero-order chi connectivity index (χ0) is 21.2. The van der Waals surface area contributed by atoms with Crippen LogP contribution in [0.15, 0.2) is 72.0 Å². The predicted molar refractivity (Wildman–Crippen MR) is 115 cm³/mol. The molecule has 0 atom stereocenters. The minimum absolute atomic E-state index is 0.153. The van der Waals surface area contributed by atoms with Crippen molar-refractivity contribution >= 4 is 5.96 Å². The molecule has 0 bridgehead atoms. The first-order valence-electron chi connectivity index (χ1n) is 9.69. The van der Waals surface area contributed by atoms with E-state index in [9.17, 15) is 4.39 Å². The predicted octanol–water partition coefficient (Wildman–Crippen LogP) is 4.28. The molecular formula is C23H25FN4O2. The van der Waals surface area contributed by atoms with Crippen molar-refractivity contribution in [2.75, 3.05) is 13.7 Å². The number of aromatic nitrogens is 1. The van der Waals surface area contributed by atoms with Crippen molar-refractivity contribution in [2.45, 2.75) is 20.0 Å². The van der Waals surface area contributed by atoms with Crippen LogP contribution >= 0.6 is 0 Å². The number of guanidine groups is 1. The van der Waals surface area contributed by atoms with Crippen LogP contribution in [0.25, 0.3) is 0 Å². The van der Waals surface area contributed by atoms with Crippen molar-refractivity contribution in [3.8, 4) is 17.2 Å². The molecule has 2 aromatic carbocycles. The van der Waals surface area contributed by atoms with E-state index in [0.29, 0.717) is 24.8 Å². The zero-order valence-corrected chi connectivity index (χ0v) is 17.1. The molecule has 3 rings (SSSR count). The fourth-order valence-corrected chi connectivity index (χ4v) is 2.70. The van der Waals surface area contributed by atoms with Gasteiger partial charge in [-0.2, -0.15) is 0 Å². The number of pyridine rings is 1. The average Bonchev–Trinajstić information content (AvgIpc) is 2.78. The number of halogens is 1. The Morgan fingerprint density at radius 3 is 2.50 bits per heavy atom. The molecular weight excluding hydrogens is 383 g/mol. The van der Waals surface area contributed by atoms with Crippen LogP contribution < -0.4 is 20.1 Å². The van der Waals surface area contributed by atoms with Crippen molar-refractivity contribution in [1.29, 1.82) is 0 Å². The van der Waals surface area contributed by atoms with Crippen LogP contribution in [-0.2, 0) is 13.1 Å². The smallest absolute Gasteiger partial charge is 0.191 e. The maximum Gasteiger partial charge on any atom is 0.191 e. The molecule has 1 heterocycles. The Balaban J connectivity index is 1.61. The lowest BCUT2D eigenvalue weighted by molar-refractivity contribution is 0.414. The van der Waals surface area contributed by atoms with Crippen molar-refractivity contribution < 1.29 is 13.9 Å². The second kappa shape index (κ2) is 10.8. The Hall–Kier alpha value is -3.61. The lowest BCUT2D eigenvalue weighted by Crippen LogP contribution is -2.36. The Labute approximate surface area is 175 Å². The third-order valence-corrected chi connectivity index (χ3v) is 4.24. The molecule has 3 aromatic rings. The molecule has 2 N–H and O–H groups in total. The first kappa shape index (κ1) is 21.1. The van der Waals surface area contributed by atoms with Gasteiger partial charge in [0.15, 0.2) is 17.5 Å². The number of methoxy groups -OCH3 is 1. The average molecular weight is 408 g/mol. The number of aliphatic imine (C=N–C) groups is 1. The molecule has 0 fully saturated rings. The molecule has 0 spiro atoms. The van der Waals surface area contributed by atoms with Gasteiger partial charge in [0.05, 0.1) is 19.9 Å². The minimum Gasteiger partial charge on any atom is -0.497 e. The highest BCUT2D eigenvalue weighted by molar-refractivity contribution is 5.79. The van der Waals surface area contributed by atoms with Crippen molar-refractivity contribution in [2.24, 2.45) is 4.99 Å². The van der Waals surface area contributed by atoms with E-state index in [1.807, 2.05) is 31.2 Å². The maximum absolute atomic E-state index is 14.4. The minimum atomic E-state index is -0.442. The quantitative estimate of drug-likeness (QED) is 0.430. The lowest BCUT2D eigenvalue weighted by atomic mass is 10.2. The van der Waals surface area contributed by atoms with Crippen LogP contribution in [0.5, 0.6) is 17.2 Å². The molecule has 0 amide bonds. The molecule has 156 valence electrons. The van der Waals surface area contributed by atoms with Gasteiger partial charge in [-0.15, -0.1) is 0 Å². The summed E-state index contributed by atoms with van der Waals surface area (Å²) in [4.78, 5) is 8.50. The summed E-state index contributed by atoms with van der Waals surface area (Å²) in [7, 11) is 1.64. The first-order chi connectivity index (χ1) is 14.7. The number of ether oxygens (including phenoxy) is 2. The van der Waals surface area contributed by atoms with E-state index >= 15 is 0 Å². The largest absolute Gasteiger partial charge is 0.497 e. The van der Waals surface area contributed by atoms with Crippen LogP contribution in [0, 0.1) is 5.82 Å². The van der Waals surface area contributed by atoms with Gasteiger partial charge in [0.1, 0.15) is 11.5 Å². The number of hydrogen-bond donors (Lipinski definition) is 2. The van der Waals surface area contributed by atoms with Gasteiger partial charge >= 0.3 is 0 Å². The Morgan fingerprint density at radius 2 is 1.83 bits per heavy atom. The van der Waals surface area contributed by atoms with E-state index < -0.39 is 5.82 Å². The van der Waals surface area contributed by atoms with E-state index in [1.54, 1.807) is 37.6 Å². The third-order valence-electron chi connectivity index (χ3n) is 4.24.